The van der Waals surface area contributed by atoms with Crippen LogP contribution in [-0.4, -0.2) is 0 Å². The fourth-order valence-electron chi connectivity index (χ4n) is 1.07. The Bertz CT molecular complexity index is 230. The number of hydrogen-bond donors (Lipinski definition) is 1. The van der Waals surface area contributed by atoms with Crippen molar-refractivity contribution in [2.45, 2.75) is 18.6 Å². The zero-order valence-electron chi connectivity index (χ0n) is 7.16. The van der Waals surface area contributed by atoms with Gasteiger partial charge >= 0.3 is 0 Å². The predicted molar refractivity (Wildman–Crippen MR) is 56.8 cm³/mol. The van der Waals surface area contributed by atoms with Gasteiger partial charge in [-0.3, -0.25) is 0 Å². The van der Waals surface area contributed by atoms with Crippen LogP contribution in [0.25, 0.3) is 0 Å². The standard InChI is InChI=1S/C10H15NP/c1-2-10(12)9-5-3-8(7-11)4-6-9/h3-6,10H,1-2,7,11-12H2. The lowest BCUT2D eigenvalue weighted by Gasteiger charge is -2.08. The van der Waals surface area contributed by atoms with Gasteiger partial charge in [-0.2, -0.15) is 0 Å². The van der Waals surface area contributed by atoms with Crippen LogP contribution in [-0.2, 0) is 6.54 Å². The van der Waals surface area contributed by atoms with E-state index in [0.29, 0.717) is 12.2 Å². The molecule has 2 N–H and O–H groups in total. The van der Waals surface area contributed by atoms with Gasteiger partial charge in [-0.15, -0.1) is 9.24 Å². The van der Waals surface area contributed by atoms with Crippen LogP contribution in [0.1, 0.15) is 23.2 Å². The summed E-state index contributed by atoms with van der Waals surface area (Å²) >= 11 is 0. The van der Waals surface area contributed by atoms with Crippen LogP contribution in [0.15, 0.2) is 24.3 Å². The lowest BCUT2D eigenvalue weighted by atomic mass is 10.1. The molecule has 1 aromatic rings. The van der Waals surface area contributed by atoms with Crippen molar-refractivity contribution < 1.29 is 0 Å². The van der Waals surface area contributed by atoms with Crippen molar-refractivity contribution >= 4 is 9.24 Å². The molecule has 1 radical (unpaired) electrons. The van der Waals surface area contributed by atoms with Crippen molar-refractivity contribution in [1.29, 1.82) is 0 Å². The molecule has 0 aliphatic rings. The first-order chi connectivity index (χ1) is 5.77. The number of rotatable bonds is 3. The van der Waals surface area contributed by atoms with E-state index in [1.165, 1.54) is 11.1 Å². The summed E-state index contributed by atoms with van der Waals surface area (Å²) in [5, 5.41) is 0. The van der Waals surface area contributed by atoms with Crippen LogP contribution in [0.5, 0.6) is 0 Å². The highest BCUT2D eigenvalue weighted by atomic mass is 31.0. The molecular weight excluding hydrogens is 165 g/mol. The summed E-state index contributed by atoms with van der Waals surface area (Å²) in [4.78, 5) is 0. The Kier molecular flexibility index (Phi) is 3.71. The van der Waals surface area contributed by atoms with Gasteiger partial charge < -0.3 is 5.73 Å². The van der Waals surface area contributed by atoms with Gasteiger partial charge in [0.05, 0.1) is 0 Å². The van der Waals surface area contributed by atoms with E-state index < -0.39 is 0 Å². The first kappa shape index (κ1) is 9.70. The van der Waals surface area contributed by atoms with E-state index in [2.05, 4.69) is 40.4 Å². The monoisotopic (exact) mass is 180 g/mol. The molecule has 0 aliphatic heterocycles. The summed E-state index contributed by atoms with van der Waals surface area (Å²) in [6.07, 6.45) is 0.909. The fourth-order valence-corrected chi connectivity index (χ4v) is 1.29. The third-order valence-electron chi connectivity index (χ3n) is 1.95. The molecule has 1 rings (SSSR count). The molecular formula is C10H15NP. The van der Waals surface area contributed by atoms with E-state index in [-0.39, 0.29) is 0 Å². The summed E-state index contributed by atoms with van der Waals surface area (Å²) in [6.45, 7) is 4.48. The maximum Gasteiger partial charge on any atom is 0.0178 e. The van der Waals surface area contributed by atoms with Crippen LogP contribution in [0.2, 0.25) is 0 Å². The van der Waals surface area contributed by atoms with Crippen molar-refractivity contribution in [2.75, 3.05) is 0 Å². The zero-order chi connectivity index (χ0) is 8.97. The molecule has 0 spiro atoms. The van der Waals surface area contributed by atoms with Crippen LogP contribution in [0, 0.1) is 6.92 Å². The van der Waals surface area contributed by atoms with Gasteiger partial charge in [0.1, 0.15) is 0 Å². The molecule has 0 aliphatic carbocycles. The second-order valence-corrected chi connectivity index (χ2v) is 3.65. The first-order valence-corrected chi connectivity index (χ1v) is 4.78. The van der Waals surface area contributed by atoms with Gasteiger partial charge in [0.15, 0.2) is 0 Å². The van der Waals surface area contributed by atoms with E-state index >= 15 is 0 Å². The molecule has 0 saturated carbocycles. The van der Waals surface area contributed by atoms with Crippen molar-refractivity contribution in [3.63, 3.8) is 0 Å². The Morgan fingerprint density at radius 2 is 1.92 bits per heavy atom. The Hall–Kier alpha value is -0.390. The molecule has 0 saturated heterocycles. The molecule has 0 amide bonds. The predicted octanol–water partition coefficient (Wildman–Crippen LogP) is 2.29. The average Bonchev–Trinajstić information content (AvgIpc) is 2.17. The van der Waals surface area contributed by atoms with E-state index in [1.807, 2.05) is 0 Å². The molecule has 1 nitrogen and oxygen atoms in total. The second-order valence-electron chi connectivity index (χ2n) is 2.84. The normalized spacial score (nSPS) is 12.9. The molecule has 2 atom stereocenters. The Labute approximate surface area is 76.6 Å². The molecule has 0 bridgehead atoms. The van der Waals surface area contributed by atoms with Gasteiger partial charge in [-0.05, 0) is 23.2 Å². The van der Waals surface area contributed by atoms with Crippen LogP contribution in [0.3, 0.4) is 0 Å². The third-order valence-corrected chi connectivity index (χ3v) is 2.67. The van der Waals surface area contributed by atoms with E-state index in [4.69, 9.17) is 5.73 Å². The van der Waals surface area contributed by atoms with Crippen molar-refractivity contribution in [3.8, 4) is 0 Å². The van der Waals surface area contributed by atoms with Gasteiger partial charge in [0, 0.05) is 6.54 Å². The van der Waals surface area contributed by atoms with Crippen molar-refractivity contribution in [1.82, 2.24) is 0 Å². The van der Waals surface area contributed by atoms with Gasteiger partial charge in [0.25, 0.3) is 0 Å². The maximum absolute atomic E-state index is 5.49. The third kappa shape index (κ3) is 2.30. The topological polar surface area (TPSA) is 26.0 Å². The van der Waals surface area contributed by atoms with Gasteiger partial charge in [0.2, 0.25) is 0 Å². The smallest absolute Gasteiger partial charge is 0.0178 e. The molecule has 1 aromatic carbocycles. The number of benzene rings is 1. The first-order valence-electron chi connectivity index (χ1n) is 4.11. The van der Waals surface area contributed by atoms with Crippen LogP contribution < -0.4 is 5.73 Å². The Balaban J connectivity index is 2.77. The average molecular weight is 180 g/mol. The Morgan fingerprint density at radius 3 is 2.33 bits per heavy atom. The van der Waals surface area contributed by atoms with Gasteiger partial charge in [-0.1, -0.05) is 31.2 Å². The lowest BCUT2D eigenvalue weighted by molar-refractivity contribution is 0.963. The zero-order valence-corrected chi connectivity index (χ0v) is 8.32. The molecule has 2 heteroatoms. The minimum atomic E-state index is 0.469. The maximum atomic E-state index is 5.49. The molecule has 12 heavy (non-hydrogen) atoms. The second kappa shape index (κ2) is 4.59. The van der Waals surface area contributed by atoms with Crippen molar-refractivity contribution in [3.05, 3.63) is 42.3 Å². The molecule has 65 valence electrons. The lowest BCUT2D eigenvalue weighted by Crippen LogP contribution is -1.96. The number of hydrogen-bond acceptors (Lipinski definition) is 1. The largest absolute Gasteiger partial charge is 0.326 e. The molecule has 0 aromatic heterocycles. The van der Waals surface area contributed by atoms with E-state index in [9.17, 15) is 0 Å². The number of nitrogens with two attached hydrogens (primary N) is 1. The van der Waals surface area contributed by atoms with Crippen LogP contribution >= 0.6 is 9.24 Å². The quantitative estimate of drug-likeness (QED) is 0.709. The Morgan fingerprint density at radius 1 is 1.33 bits per heavy atom. The SMILES string of the molecule is [CH2]CC(P)c1ccc(CN)cc1. The molecule has 0 fully saturated rings. The van der Waals surface area contributed by atoms with Crippen LogP contribution in [0.4, 0.5) is 0 Å². The van der Waals surface area contributed by atoms with Crippen molar-refractivity contribution in [2.24, 2.45) is 5.73 Å². The highest BCUT2D eigenvalue weighted by Crippen LogP contribution is 2.25. The summed E-state index contributed by atoms with van der Waals surface area (Å²) in [5.74, 6) is 0. The summed E-state index contributed by atoms with van der Waals surface area (Å²) < 4.78 is 0. The van der Waals surface area contributed by atoms with Gasteiger partial charge in [-0.25, -0.2) is 0 Å². The highest BCUT2D eigenvalue weighted by Gasteiger charge is 2.01. The highest BCUT2D eigenvalue weighted by molar-refractivity contribution is 7.17. The summed E-state index contributed by atoms with van der Waals surface area (Å²) in [6, 6.07) is 8.38. The summed E-state index contributed by atoms with van der Waals surface area (Å²) in [7, 11) is 2.79. The molecule has 0 heterocycles. The van der Waals surface area contributed by atoms with E-state index in [1.54, 1.807) is 0 Å². The fraction of sp³-hybridized carbons (Fsp3) is 0.300. The molecule has 2 unspecified atom stereocenters. The minimum absolute atomic E-state index is 0.469. The van der Waals surface area contributed by atoms with E-state index in [0.717, 1.165) is 6.42 Å². The summed E-state index contributed by atoms with van der Waals surface area (Å²) in [5.41, 5.74) is 8.45. The minimum Gasteiger partial charge on any atom is -0.326 e.